The molecule has 1 amide bonds. The molecule has 1 saturated heterocycles. The monoisotopic (exact) mass is 219 g/mol. The van der Waals surface area contributed by atoms with Crippen LogP contribution in [0, 0.1) is 0 Å². The fourth-order valence-corrected chi connectivity index (χ4v) is 1.94. The smallest absolute Gasteiger partial charge is 0.326 e. The first-order chi connectivity index (χ1) is 6.56. The lowest BCUT2D eigenvalue weighted by Crippen LogP contribution is -2.41. The Hall–Kier alpha value is -0.750. The number of amides is 1. The Morgan fingerprint density at radius 1 is 1.57 bits per heavy atom. The van der Waals surface area contributed by atoms with Crippen molar-refractivity contribution in [2.75, 3.05) is 18.6 Å². The molecule has 2 N–H and O–H groups in total. The van der Waals surface area contributed by atoms with E-state index in [1.54, 1.807) is 6.26 Å². The number of aliphatic hydroxyl groups is 1. The van der Waals surface area contributed by atoms with Gasteiger partial charge in [0.05, 0.1) is 11.9 Å². The molecule has 0 saturated carbocycles. The number of β-amino-alcohol motifs (C(OH)–C–C–N with tert-alkyl or cyclic N) is 1. The maximum atomic E-state index is 11.4. The van der Waals surface area contributed by atoms with E-state index in [4.69, 9.17) is 5.11 Å². The first kappa shape index (κ1) is 11.3. The Balaban J connectivity index is 2.66. The molecule has 0 spiro atoms. The highest BCUT2D eigenvalue weighted by molar-refractivity contribution is 7.99. The number of carboxylic acids is 1. The van der Waals surface area contributed by atoms with E-state index >= 15 is 0 Å². The van der Waals surface area contributed by atoms with Crippen LogP contribution in [0.2, 0.25) is 0 Å². The summed E-state index contributed by atoms with van der Waals surface area (Å²) in [6.07, 6.45) is 1.21. The van der Waals surface area contributed by atoms with E-state index in [2.05, 4.69) is 0 Å². The molecular weight excluding hydrogens is 206 g/mol. The summed E-state index contributed by atoms with van der Waals surface area (Å²) in [7, 11) is 0. The van der Waals surface area contributed by atoms with Crippen LogP contribution in [0.5, 0.6) is 0 Å². The number of thioether (sulfide) groups is 1. The summed E-state index contributed by atoms with van der Waals surface area (Å²) in [5.41, 5.74) is 0. The molecule has 0 bridgehead atoms. The summed E-state index contributed by atoms with van der Waals surface area (Å²) in [5, 5.41) is 18.1. The molecule has 2 unspecified atom stereocenters. The van der Waals surface area contributed by atoms with Crippen LogP contribution in [0.25, 0.3) is 0 Å². The highest BCUT2D eigenvalue weighted by Crippen LogP contribution is 2.19. The predicted molar refractivity (Wildman–Crippen MR) is 52.1 cm³/mol. The molecule has 0 aromatic carbocycles. The van der Waals surface area contributed by atoms with Gasteiger partial charge in [-0.2, -0.15) is 11.8 Å². The van der Waals surface area contributed by atoms with Crippen molar-refractivity contribution in [3.05, 3.63) is 0 Å². The first-order valence-corrected chi connectivity index (χ1v) is 5.65. The van der Waals surface area contributed by atoms with Crippen LogP contribution in [-0.2, 0) is 9.59 Å². The third kappa shape index (κ3) is 2.39. The van der Waals surface area contributed by atoms with Crippen molar-refractivity contribution in [2.24, 2.45) is 0 Å². The minimum atomic E-state index is -1.05. The Morgan fingerprint density at radius 3 is 2.71 bits per heavy atom. The fraction of sp³-hybridized carbons (Fsp3) is 0.750. The van der Waals surface area contributed by atoms with Crippen molar-refractivity contribution >= 4 is 23.6 Å². The third-order valence-electron chi connectivity index (χ3n) is 2.15. The second-order valence-electron chi connectivity index (χ2n) is 3.22. The fourth-order valence-electron chi connectivity index (χ4n) is 1.53. The number of likely N-dealkylation sites (tertiary alicyclic amines) is 1. The van der Waals surface area contributed by atoms with Gasteiger partial charge in [-0.05, 0) is 6.26 Å². The number of carbonyl (C=O) groups is 2. The number of rotatable bonds is 3. The van der Waals surface area contributed by atoms with Crippen LogP contribution in [0.4, 0.5) is 0 Å². The zero-order valence-corrected chi connectivity index (χ0v) is 8.66. The van der Waals surface area contributed by atoms with Crippen molar-refractivity contribution in [2.45, 2.75) is 18.6 Å². The number of hydrogen-bond acceptors (Lipinski definition) is 4. The quantitative estimate of drug-likeness (QED) is 0.662. The molecule has 1 fully saturated rings. The van der Waals surface area contributed by atoms with E-state index < -0.39 is 18.1 Å². The van der Waals surface area contributed by atoms with Gasteiger partial charge in [0.15, 0.2) is 0 Å². The van der Waals surface area contributed by atoms with E-state index in [1.807, 2.05) is 0 Å². The molecule has 1 aliphatic heterocycles. The molecule has 1 heterocycles. The van der Waals surface area contributed by atoms with Crippen molar-refractivity contribution in [1.82, 2.24) is 4.90 Å². The van der Waals surface area contributed by atoms with Crippen LogP contribution >= 0.6 is 11.8 Å². The number of aliphatic carboxylic acids is 1. The average molecular weight is 219 g/mol. The highest BCUT2D eigenvalue weighted by atomic mass is 32.2. The van der Waals surface area contributed by atoms with Crippen molar-refractivity contribution in [3.8, 4) is 0 Å². The van der Waals surface area contributed by atoms with Gasteiger partial charge in [0, 0.05) is 13.0 Å². The predicted octanol–water partition coefficient (Wildman–Crippen LogP) is -0.604. The summed E-state index contributed by atoms with van der Waals surface area (Å²) in [5.74, 6) is -1.01. The van der Waals surface area contributed by atoms with Gasteiger partial charge in [-0.15, -0.1) is 0 Å². The lowest BCUT2D eigenvalue weighted by atomic mass is 10.2. The number of nitrogens with zero attached hydrogens (tertiary/aromatic N) is 1. The van der Waals surface area contributed by atoms with Crippen LogP contribution in [0.15, 0.2) is 0 Å². The minimum absolute atomic E-state index is 0.134. The average Bonchev–Trinajstić information content (AvgIpc) is 2.48. The summed E-state index contributed by atoms with van der Waals surface area (Å²) < 4.78 is 0. The molecule has 1 aliphatic rings. The van der Waals surface area contributed by atoms with Gasteiger partial charge in [-0.1, -0.05) is 0 Å². The largest absolute Gasteiger partial charge is 0.480 e. The SMILES string of the molecule is CSCC(=O)N1CC(O)CC1C(=O)O. The van der Waals surface area contributed by atoms with Crippen LogP contribution < -0.4 is 0 Å². The van der Waals surface area contributed by atoms with Gasteiger partial charge in [0.2, 0.25) is 5.91 Å². The summed E-state index contributed by atoms with van der Waals surface area (Å²) in [4.78, 5) is 23.4. The molecule has 0 aromatic rings. The maximum absolute atomic E-state index is 11.4. The number of aliphatic hydroxyl groups excluding tert-OH is 1. The summed E-state index contributed by atoms with van der Waals surface area (Å²) in [6, 6.07) is -0.857. The van der Waals surface area contributed by atoms with Crippen LogP contribution in [0.3, 0.4) is 0 Å². The molecule has 5 nitrogen and oxygen atoms in total. The molecule has 14 heavy (non-hydrogen) atoms. The number of carbonyl (C=O) groups excluding carboxylic acids is 1. The second-order valence-corrected chi connectivity index (χ2v) is 4.09. The van der Waals surface area contributed by atoms with Gasteiger partial charge < -0.3 is 15.1 Å². The molecule has 6 heteroatoms. The van der Waals surface area contributed by atoms with Gasteiger partial charge in [-0.25, -0.2) is 4.79 Å². The van der Waals surface area contributed by atoms with E-state index in [9.17, 15) is 14.7 Å². The summed E-state index contributed by atoms with van der Waals surface area (Å²) in [6.45, 7) is 0.135. The molecule has 1 rings (SSSR count). The topological polar surface area (TPSA) is 77.8 Å². The zero-order chi connectivity index (χ0) is 10.7. The lowest BCUT2D eigenvalue weighted by molar-refractivity contribution is -0.147. The van der Waals surface area contributed by atoms with Crippen molar-refractivity contribution in [3.63, 3.8) is 0 Å². The Kier molecular flexibility index (Phi) is 3.77. The minimum Gasteiger partial charge on any atom is -0.480 e. The Bertz CT molecular complexity index is 245. The number of carboxylic acid groups (broad SMARTS) is 1. The normalized spacial score (nSPS) is 26.6. The molecule has 0 aliphatic carbocycles. The van der Waals surface area contributed by atoms with E-state index in [0.29, 0.717) is 0 Å². The van der Waals surface area contributed by atoms with Crippen LogP contribution in [0.1, 0.15) is 6.42 Å². The van der Waals surface area contributed by atoms with Crippen LogP contribution in [-0.4, -0.2) is 57.7 Å². The number of hydrogen-bond donors (Lipinski definition) is 2. The van der Waals surface area contributed by atoms with Gasteiger partial charge >= 0.3 is 5.97 Å². The molecule has 0 aromatic heterocycles. The Morgan fingerprint density at radius 2 is 2.21 bits per heavy atom. The second kappa shape index (κ2) is 4.65. The third-order valence-corrected chi connectivity index (χ3v) is 2.69. The molecule has 0 radical (unpaired) electrons. The maximum Gasteiger partial charge on any atom is 0.326 e. The van der Waals surface area contributed by atoms with E-state index in [1.165, 1.54) is 16.7 Å². The van der Waals surface area contributed by atoms with Gasteiger partial charge in [-0.3, -0.25) is 4.79 Å². The first-order valence-electron chi connectivity index (χ1n) is 4.25. The standard InChI is InChI=1S/C8H13NO4S/c1-14-4-7(11)9-3-5(10)2-6(9)8(12)13/h5-6,10H,2-4H2,1H3,(H,12,13). The van der Waals surface area contributed by atoms with E-state index in [-0.39, 0.29) is 24.6 Å². The van der Waals surface area contributed by atoms with E-state index in [0.717, 1.165) is 0 Å². The summed E-state index contributed by atoms with van der Waals surface area (Å²) >= 11 is 1.35. The van der Waals surface area contributed by atoms with Gasteiger partial charge in [0.1, 0.15) is 6.04 Å². The molecular formula is C8H13NO4S. The molecule has 2 atom stereocenters. The van der Waals surface area contributed by atoms with Crippen molar-refractivity contribution < 1.29 is 19.8 Å². The Labute approximate surface area is 86.1 Å². The zero-order valence-electron chi connectivity index (χ0n) is 7.84. The molecule has 80 valence electrons. The van der Waals surface area contributed by atoms with Gasteiger partial charge in [0.25, 0.3) is 0 Å². The van der Waals surface area contributed by atoms with Crippen molar-refractivity contribution in [1.29, 1.82) is 0 Å². The highest BCUT2D eigenvalue weighted by Gasteiger charge is 2.38. The lowest BCUT2D eigenvalue weighted by Gasteiger charge is -2.20.